The number of benzene rings is 2. The van der Waals surface area contributed by atoms with E-state index in [1.54, 1.807) is 0 Å². The van der Waals surface area contributed by atoms with Crippen LogP contribution in [0.25, 0.3) is 10.8 Å². The maximum atomic E-state index is 5.85. The summed E-state index contributed by atoms with van der Waals surface area (Å²) in [5.41, 5.74) is 0. The molecule has 0 bridgehead atoms. The lowest BCUT2D eigenvalue weighted by Gasteiger charge is -2.07. The van der Waals surface area contributed by atoms with Gasteiger partial charge >= 0.3 is 0 Å². The molecule has 0 saturated heterocycles. The van der Waals surface area contributed by atoms with Gasteiger partial charge in [-0.25, -0.2) is 0 Å². The zero-order valence-electron chi connectivity index (χ0n) is 13.0. The summed E-state index contributed by atoms with van der Waals surface area (Å²) in [6, 6.07) is 14.7. The van der Waals surface area contributed by atoms with Crippen molar-refractivity contribution in [1.29, 1.82) is 0 Å². The molecule has 0 amide bonds. The van der Waals surface area contributed by atoms with Crippen molar-refractivity contribution >= 4 is 10.8 Å². The summed E-state index contributed by atoms with van der Waals surface area (Å²) in [4.78, 5) is 0. The van der Waals surface area contributed by atoms with E-state index < -0.39 is 0 Å². The highest BCUT2D eigenvalue weighted by Crippen LogP contribution is 2.20. The molecule has 2 aromatic rings. The lowest BCUT2D eigenvalue weighted by atomic mass is 10.1. The van der Waals surface area contributed by atoms with Crippen molar-refractivity contribution in [2.24, 2.45) is 0 Å². The fourth-order valence-corrected chi connectivity index (χ4v) is 2.61. The molecular weight excluding hydrogens is 256 g/mol. The second-order valence-electron chi connectivity index (χ2n) is 5.69. The molecule has 2 rings (SSSR count). The van der Waals surface area contributed by atoms with E-state index >= 15 is 0 Å². The van der Waals surface area contributed by atoms with Gasteiger partial charge < -0.3 is 4.74 Å². The van der Waals surface area contributed by atoms with Gasteiger partial charge in [-0.05, 0) is 29.3 Å². The minimum absolute atomic E-state index is 0.831. The van der Waals surface area contributed by atoms with Crippen LogP contribution in [0, 0.1) is 6.92 Å². The van der Waals surface area contributed by atoms with Crippen molar-refractivity contribution in [3.8, 4) is 5.75 Å². The molecule has 0 aliphatic rings. The van der Waals surface area contributed by atoms with E-state index in [0.717, 1.165) is 25.2 Å². The maximum absolute atomic E-state index is 5.85. The molecule has 0 N–H and O–H groups in total. The second kappa shape index (κ2) is 9.44. The lowest BCUT2D eigenvalue weighted by molar-refractivity contribution is 0.304. The fraction of sp³-hybridized carbons (Fsp3) is 0.450. The zero-order valence-corrected chi connectivity index (χ0v) is 13.0. The summed E-state index contributed by atoms with van der Waals surface area (Å²) in [5, 5.41) is 2.52. The van der Waals surface area contributed by atoms with Gasteiger partial charge in [0.25, 0.3) is 0 Å². The van der Waals surface area contributed by atoms with Crippen molar-refractivity contribution in [3.05, 3.63) is 49.4 Å². The van der Waals surface area contributed by atoms with Gasteiger partial charge in [0.05, 0.1) is 6.61 Å². The number of ether oxygens (including phenoxy) is 1. The van der Waals surface area contributed by atoms with Gasteiger partial charge in [0.15, 0.2) is 0 Å². The van der Waals surface area contributed by atoms with Crippen LogP contribution >= 0.6 is 0 Å². The van der Waals surface area contributed by atoms with Crippen LogP contribution in [0.15, 0.2) is 42.5 Å². The first-order valence-electron chi connectivity index (χ1n) is 8.31. The Balaban J connectivity index is 1.59. The van der Waals surface area contributed by atoms with Gasteiger partial charge in [0, 0.05) is 0 Å². The molecular formula is C20H27O. The quantitative estimate of drug-likeness (QED) is 0.473. The van der Waals surface area contributed by atoms with Gasteiger partial charge in [0.1, 0.15) is 5.75 Å². The minimum Gasteiger partial charge on any atom is -0.494 e. The number of hydrogen-bond acceptors (Lipinski definition) is 1. The zero-order chi connectivity index (χ0) is 14.8. The average molecular weight is 283 g/mol. The van der Waals surface area contributed by atoms with Crippen LogP contribution in [0.1, 0.15) is 51.4 Å². The fourth-order valence-electron chi connectivity index (χ4n) is 2.61. The number of rotatable bonds is 10. The molecule has 0 saturated carbocycles. The number of hydrogen-bond donors (Lipinski definition) is 0. The van der Waals surface area contributed by atoms with Crippen molar-refractivity contribution in [1.82, 2.24) is 0 Å². The first kappa shape index (κ1) is 15.9. The molecule has 0 heterocycles. The van der Waals surface area contributed by atoms with Crippen LogP contribution < -0.4 is 4.74 Å². The molecule has 0 unspecified atom stereocenters. The summed E-state index contributed by atoms with van der Waals surface area (Å²) in [7, 11) is 0. The highest BCUT2D eigenvalue weighted by Gasteiger charge is 1.97. The van der Waals surface area contributed by atoms with E-state index in [1.165, 1.54) is 49.3 Å². The Hall–Kier alpha value is -1.50. The Labute approximate surface area is 129 Å². The summed E-state index contributed by atoms with van der Waals surface area (Å²) in [6.07, 6.45) is 10.2. The molecule has 2 aromatic carbocycles. The van der Waals surface area contributed by atoms with E-state index in [9.17, 15) is 0 Å². The maximum Gasteiger partial charge on any atom is 0.119 e. The van der Waals surface area contributed by atoms with Gasteiger partial charge in [0.2, 0.25) is 0 Å². The molecule has 21 heavy (non-hydrogen) atoms. The summed E-state index contributed by atoms with van der Waals surface area (Å²) in [5.74, 6) is 0.990. The summed E-state index contributed by atoms with van der Waals surface area (Å²) in [6.45, 7) is 4.71. The summed E-state index contributed by atoms with van der Waals surface area (Å²) >= 11 is 0. The van der Waals surface area contributed by atoms with Gasteiger partial charge in [-0.1, -0.05) is 82.2 Å². The van der Waals surface area contributed by atoms with Gasteiger partial charge in [-0.15, -0.1) is 0 Å². The monoisotopic (exact) mass is 283 g/mol. The standard InChI is InChI=1S/C20H27O/c1-2-3-4-5-6-7-8-11-16-21-20-15-14-18-12-9-10-13-19(18)17-20/h9-10,12-15,17H,1-8,11,16H2. The van der Waals surface area contributed by atoms with Crippen LogP contribution in [0.5, 0.6) is 5.75 Å². The molecule has 1 radical (unpaired) electrons. The SMILES string of the molecule is [CH2]CCCCCCCCCOc1ccc2ccccc2c1. The predicted molar refractivity (Wildman–Crippen MR) is 91.7 cm³/mol. The third-order valence-corrected chi connectivity index (χ3v) is 3.88. The van der Waals surface area contributed by atoms with Crippen molar-refractivity contribution in [2.75, 3.05) is 6.61 Å². The first-order chi connectivity index (χ1) is 10.4. The van der Waals surface area contributed by atoms with E-state index in [4.69, 9.17) is 4.74 Å². The molecule has 0 aliphatic heterocycles. The lowest BCUT2D eigenvalue weighted by Crippen LogP contribution is -1.97. The van der Waals surface area contributed by atoms with E-state index in [-0.39, 0.29) is 0 Å². The average Bonchev–Trinajstić information content (AvgIpc) is 2.53. The Kier molecular flexibility index (Phi) is 7.14. The molecule has 0 spiro atoms. The topological polar surface area (TPSA) is 9.23 Å². The summed E-state index contributed by atoms with van der Waals surface area (Å²) < 4.78 is 5.85. The van der Waals surface area contributed by atoms with Crippen molar-refractivity contribution < 1.29 is 4.74 Å². The highest BCUT2D eigenvalue weighted by molar-refractivity contribution is 5.83. The Bertz CT molecular complexity index is 518. The van der Waals surface area contributed by atoms with Gasteiger partial charge in [-0.2, -0.15) is 0 Å². The Morgan fingerprint density at radius 1 is 0.714 bits per heavy atom. The van der Waals surface area contributed by atoms with Crippen LogP contribution in [-0.2, 0) is 0 Å². The normalized spacial score (nSPS) is 10.9. The third-order valence-electron chi connectivity index (χ3n) is 3.88. The smallest absolute Gasteiger partial charge is 0.119 e. The molecule has 0 atom stereocenters. The first-order valence-corrected chi connectivity index (χ1v) is 8.31. The number of fused-ring (bicyclic) bond motifs is 1. The third kappa shape index (κ3) is 5.79. The van der Waals surface area contributed by atoms with E-state index in [0.29, 0.717) is 0 Å². The molecule has 0 aliphatic carbocycles. The van der Waals surface area contributed by atoms with Crippen LogP contribution in [0.2, 0.25) is 0 Å². The molecule has 0 aromatic heterocycles. The van der Waals surface area contributed by atoms with Crippen molar-refractivity contribution in [2.45, 2.75) is 51.4 Å². The molecule has 1 nitrogen and oxygen atoms in total. The highest BCUT2D eigenvalue weighted by atomic mass is 16.5. The minimum atomic E-state index is 0.831. The van der Waals surface area contributed by atoms with E-state index in [1.807, 2.05) is 0 Å². The number of unbranched alkanes of at least 4 members (excludes halogenated alkanes) is 7. The molecule has 113 valence electrons. The Morgan fingerprint density at radius 3 is 2.14 bits per heavy atom. The van der Waals surface area contributed by atoms with Crippen LogP contribution in [-0.4, -0.2) is 6.61 Å². The Morgan fingerprint density at radius 2 is 1.38 bits per heavy atom. The molecule has 0 fully saturated rings. The molecule has 1 heteroatoms. The van der Waals surface area contributed by atoms with E-state index in [2.05, 4.69) is 49.4 Å². The second-order valence-corrected chi connectivity index (χ2v) is 5.69. The van der Waals surface area contributed by atoms with Crippen molar-refractivity contribution in [3.63, 3.8) is 0 Å². The van der Waals surface area contributed by atoms with Gasteiger partial charge in [-0.3, -0.25) is 0 Å². The van der Waals surface area contributed by atoms with Crippen LogP contribution in [0.4, 0.5) is 0 Å². The predicted octanol–water partition coefficient (Wildman–Crippen LogP) is 6.17. The van der Waals surface area contributed by atoms with Crippen LogP contribution in [0.3, 0.4) is 0 Å². The largest absolute Gasteiger partial charge is 0.494 e.